The van der Waals surface area contributed by atoms with Crippen LogP contribution < -0.4 is 16.0 Å². The van der Waals surface area contributed by atoms with Crippen LogP contribution >= 0.6 is 0 Å². The van der Waals surface area contributed by atoms with Crippen molar-refractivity contribution in [3.05, 3.63) is 30.5 Å². The smallest absolute Gasteiger partial charge is 0.151 e. The molecule has 0 unspecified atom stereocenters. The summed E-state index contributed by atoms with van der Waals surface area (Å²) in [5, 5.41) is 10.5. The van der Waals surface area contributed by atoms with Gasteiger partial charge < -0.3 is 25.4 Å². The molecule has 1 aliphatic carbocycles. The first-order valence-corrected chi connectivity index (χ1v) is 12.4. The maximum Gasteiger partial charge on any atom is 0.151 e. The van der Waals surface area contributed by atoms with Gasteiger partial charge in [-0.25, -0.2) is 19.3 Å². The quantitative estimate of drug-likeness (QED) is 0.480. The van der Waals surface area contributed by atoms with Crippen LogP contribution in [0.4, 0.5) is 16.0 Å². The second kappa shape index (κ2) is 12.4. The van der Waals surface area contributed by atoms with Crippen molar-refractivity contribution in [1.29, 1.82) is 0 Å². The van der Waals surface area contributed by atoms with Crippen molar-refractivity contribution in [1.82, 2.24) is 20.3 Å². The number of ether oxygens (including phenoxy) is 2. The standard InChI is InChI=1S/C25H37FN6O2/c1-17(15-33-2)31-19-3-5-20(6-4-19)32-25-11-21(22(26)14-28-25)23-12-24(30-16-29-23)27-13-18-7-9-34-10-8-18/h11-12,14,16-20,31H,3-10,13,15H2,1-2H3,(H,28,32)(H,27,29,30)/t17-,19?,20?/m1/s1. The van der Waals surface area contributed by atoms with Crippen molar-refractivity contribution in [2.45, 2.75) is 63.6 Å². The van der Waals surface area contributed by atoms with Gasteiger partial charge in [-0.05, 0) is 57.4 Å². The van der Waals surface area contributed by atoms with Crippen molar-refractivity contribution >= 4 is 11.6 Å². The molecular formula is C25H37FN6O2. The van der Waals surface area contributed by atoms with Gasteiger partial charge in [-0.2, -0.15) is 0 Å². The van der Waals surface area contributed by atoms with Gasteiger partial charge >= 0.3 is 0 Å². The highest BCUT2D eigenvalue weighted by Gasteiger charge is 2.23. The molecule has 2 aliphatic rings. The van der Waals surface area contributed by atoms with Gasteiger partial charge in [-0.15, -0.1) is 0 Å². The SMILES string of the molecule is COC[C@@H](C)NC1CCC(Nc2cc(-c3cc(NCC4CCOCC4)ncn3)c(F)cn2)CC1. The van der Waals surface area contributed by atoms with Gasteiger partial charge in [-0.1, -0.05) is 0 Å². The summed E-state index contributed by atoms with van der Waals surface area (Å²) in [7, 11) is 1.73. The van der Waals surface area contributed by atoms with E-state index in [1.54, 1.807) is 19.2 Å². The Bertz CT molecular complexity index is 903. The first-order chi connectivity index (χ1) is 16.6. The molecule has 2 aromatic rings. The summed E-state index contributed by atoms with van der Waals surface area (Å²) in [5.74, 6) is 1.56. The van der Waals surface area contributed by atoms with Gasteiger partial charge in [0.05, 0.1) is 18.5 Å². The lowest BCUT2D eigenvalue weighted by atomic mass is 9.90. The van der Waals surface area contributed by atoms with Gasteiger partial charge in [-0.3, -0.25) is 0 Å². The Hall–Kier alpha value is -2.36. The predicted octanol–water partition coefficient (Wildman–Crippen LogP) is 3.86. The lowest BCUT2D eigenvalue weighted by molar-refractivity contribution is 0.0699. The van der Waals surface area contributed by atoms with E-state index < -0.39 is 0 Å². The van der Waals surface area contributed by atoms with Gasteiger partial charge in [0, 0.05) is 56.6 Å². The van der Waals surface area contributed by atoms with E-state index in [1.165, 1.54) is 12.5 Å². The van der Waals surface area contributed by atoms with Crippen LogP contribution in [0.3, 0.4) is 0 Å². The number of anilines is 2. The fourth-order valence-corrected chi connectivity index (χ4v) is 4.83. The Morgan fingerprint density at radius 1 is 1.03 bits per heavy atom. The summed E-state index contributed by atoms with van der Waals surface area (Å²) in [6, 6.07) is 4.74. The first kappa shape index (κ1) is 24.8. The fraction of sp³-hybridized carbons (Fsp3) is 0.640. The summed E-state index contributed by atoms with van der Waals surface area (Å²) in [6.45, 7) is 5.31. The molecule has 8 nitrogen and oxygen atoms in total. The molecule has 0 amide bonds. The van der Waals surface area contributed by atoms with Crippen molar-refractivity contribution in [3.8, 4) is 11.3 Å². The minimum atomic E-state index is -0.389. The first-order valence-electron chi connectivity index (χ1n) is 12.4. The van der Waals surface area contributed by atoms with Crippen LogP contribution in [0, 0.1) is 11.7 Å². The largest absolute Gasteiger partial charge is 0.383 e. The molecule has 3 heterocycles. The van der Waals surface area contributed by atoms with E-state index in [0.29, 0.717) is 46.9 Å². The molecule has 0 radical (unpaired) electrons. The molecule has 2 aromatic heterocycles. The third kappa shape index (κ3) is 7.07. The molecule has 0 bridgehead atoms. The average molecular weight is 473 g/mol. The number of aromatic nitrogens is 3. The maximum absolute atomic E-state index is 14.7. The van der Waals surface area contributed by atoms with Crippen LogP contribution in [0.5, 0.6) is 0 Å². The minimum Gasteiger partial charge on any atom is -0.383 e. The highest BCUT2D eigenvalue weighted by atomic mass is 19.1. The normalized spacial score (nSPS) is 22.3. The topological polar surface area (TPSA) is 93.2 Å². The Balaban J connectivity index is 1.34. The molecular weight excluding hydrogens is 435 g/mol. The molecule has 1 saturated heterocycles. The van der Waals surface area contributed by atoms with Gasteiger partial charge in [0.1, 0.15) is 18.0 Å². The third-order valence-electron chi connectivity index (χ3n) is 6.73. The summed E-state index contributed by atoms with van der Waals surface area (Å²) in [6.07, 6.45) is 9.11. The number of halogens is 1. The van der Waals surface area contributed by atoms with Crippen LogP contribution in [-0.4, -0.2) is 66.6 Å². The Kier molecular flexibility index (Phi) is 9.01. The molecule has 1 saturated carbocycles. The monoisotopic (exact) mass is 472 g/mol. The number of rotatable bonds is 10. The van der Waals surface area contributed by atoms with E-state index >= 15 is 0 Å². The van der Waals surface area contributed by atoms with E-state index in [1.807, 2.05) is 0 Å². The number of hydrogen-bond acceptors (Lipinski definition) is 8. The lowest BCUT2D eigenvalue weighted by Crippen LogP contribution is -2.42. The van der Waals surface area contributed by atoms with Crippen molar-refractivity contribution in [2.24, 2.45) is 5.92 Å². The van der Waals surface area contributed by atoms with Crippen molar-refractivity contribution < 1.29 is 13.9 Å². The van der Waals surface area contributed by atoms with Crippen LogP contribution in [0.15, 0.2) is 24.7 Å². The molecule has 3 N–H and O–H groups in total. The zero-order chi connectivity index (χ0) is 23.8. The fourth-order valence-electron chi connectivity index (χ4n) is 4.83. The second-order valence-electron chi connectivity index (χ2n) is 9.49. The summed E-state index contributed by atoms with van der Waals surface area (Å²) < 4.78 is 25.3. The minimum absolute atomic E-state index is 0.323. The molecule has 4 rings (SSSR count). The molecule has 34 heavy (non-hydrogen) atoms. The van der Waals surface area contributed by atoms with E-state index in [9.17, 15) is 4.39 Å². The Morgan fingerprint density at radius 2 is 1.79 bits per heavy atom. The van der Waals surface area contributed by atoms with Crippen LogP contribution in [0.1, 0.15) is 45.4 Å². The number of nitrogens with one attached hydrogen (secondary N) is 3. The van der Waals surface area contributed by atoms with Crippen molar-refractivity contribution in [3.63, 3.8) is 0 Å². The summed E-state index contributed by atoms with van der Waals surface area (Å²) in [4.78, 5) is 12.9. The van der Waals surface area contributed by atoms with Crippen LogP contribution in [-0.2, 0) is 9.47 Å². The van der Waals surface area contributed by atoms with Gasteiger partial charge in [0.25, 0.3) is 0 Å². The van der Waals surface area contributed by atoms with E-state index in [-0.39, 0.29) is 5.82 Å². The molecule has 1 aliphatic heterocycles. The molecule has 9 heteroatoms. The van der Waals surface area contributed by atoms with Gasteiger partial charge in [0.15, 0.2) is 5.82 Å². The Labute approximate surface area is 201 Å². The molecule has 0 spiro atoms. The number of methoxy groups -OCH3 is 1. The number of hydrogen-bond donors (Lipinski definition) is 3. The zero-order valence-corrected chi connectivity index (χ0v) is 20.2. The highest BCUT2D eigenvalue weighted by Crippen LogP contribution is 2.27. The number of pyridine rings is 1. The molecule has 0 aromatic carbocycles. The summed E-state index contributed by atoms with van der Waals surface area (Å²) >= 11 is 0. The second-order valence-corrected chi connectivity index (χ2v) is 9.49. The van der Waals surface area contributed by atoms with E-state index in [4.69, 9.17) is 9.47 Å². The Morgan fingerprint density at radius 3 is 2.56 bits per heavy atom. The van der Waals surface area contributed by atoms with Crippen molar-refractivity contribution in [2.75, 3.05) is 44.1 Å². The highest BCUT2D eigenvalue weighted by molar-refractivity contribution is 5.65. The zero-order valence-electron chi connectivity index (χ0n) is 20.2. The molecule has 186 valence electrons. The molecule has 1 atom stereocenters. The predicted molar refractivity (Wildman–Crippen MR) is 131 cm³/mol. The van der Waals surface area contributed by atoms with Crippen LogP contribution in [0.25, 0.3) is 11.3 Å². The number of nitrogens with zero attached hydrogens (tertiary/aromatic N) is 3. The maximum atomic E-state index is 14.7. The molecule has 2 fully saturated rings. The van der Waals surface area contributed by atoms with Crippen LogP contribution in [0.2, 0.25) is 0 Å². The van der Waals surface area contributed by atoms with E-state index in [2.05, 4.69) is 37.8 Å². The summed E-state index contributed by atoms with van der Waals surface area (Å²) in [5.41, 5.74) is 0.977. The lowest BCUT2D eigenvalue weighted by Gasteiger charge is -2.31. The average Bonchev–Trinajstić information content (AvgIpc) is 2.86. The van der Waals surface area contributed by atoms with E-state index in [0.717, 1.165) is 64.9 Å². The van der Waals surface area contributed by atoms with Gasteiger partial charge in [0.2, 0.25) is 0 Å². The third-order valence-corrected chi connectivity index (χ3v) is 6.73.